The van der Waals surface area contributed by atoms with Gasteiger partial charge < -0.3 is 15.5 Å². The van der Waals surface area contributed by atoms with E-state index in [1.54, 1.807) is 40.3 Å². The molecule has 5 rings (SSSR count). The first kappa shape index (κ1) is 24.2. The summed E-state index contributed by atoms with van der Waals surface area (Å²) in [6, 6.07) is 8.63. The van der Waals surface area contributed by atoms with Crippen molar-refractivity contribution in [2.75, 3.05) is 38.0 Å². The Hall–Kier alpha value is -2.85. The number of benzene rings is 1. The van der Waals surface area contributed by atoms with Crippen LogP contribution < -0.4 is 10.6 Å². The van der Waals surface area contributed by atoms with Crippen LogP contribution in [-0.4, -0.2) is 70.5 Å². The van der Waals surface area contributed by atoms with Gasteiger partial charge in [-0.2, -0.15) is 10.2 Å². The fraction of sp³-hybridized carbons (Fsp3) is 0.556. The maximum absolute atomic E-state index is 13.5. The molecule has 1 aliphatic heterocycles. The van der Waals surface area contributed by atoms with Crippen LogP contribution in [0.15, 0.2) is 36.5 Å². The molecule has 0 bridgehead atoms. The number of rotatable bonds is 8. The number of piperazine rings is 1. The van der Waals surface area contributed by atoms with Crippen molar-refractivity contribution in [1.82, 2.24) is 25.3 Å². The molecule has 1 saturated heterocycles. The third-order valence-electron chi connectivity index (χ3n) is 7.88. The predicted octanol–water partition coefficient (Wildman–Crippen LogP) is 3.72. The number of alkyl halides is 2. The summed E-state index contributed by atoms with van der Waals surface area (Å²) in [5.41, 5.74) is 1.35. The SMILES string of the molecule is [2H]C([2H])(c1cc(Cl)ccc1NCc1cccnn1)N1CCN(C(=O)CNC(=O)C2CC23CCC(F)(F)CC3)CC1. The van der Waals surface area contributed by atoms with Gasteiger partial charge in [0, 0.05) is 71.1 Å². The van der Waals surface area contributed by atoms with Gasteiger partial charge in [-0.25, -0.2) is 8.78 Å². The van der Waals surface area contributed by atoms with E-state index in [2.05, 4.69) is 20.8 Å². The number of hydrogen-bond acceptors (Lipinski definition) is 6. The van der Waals surface area contributed by atoms with Gasteiger partial charge in [0.25, 0.3) is 0 Å². The predicted molar refractivity (Wildman–Crippen MR) is 140 cm³/mol. The lowest BCUT2D eigenvalue weighted by molar-refractivity contribution is -0.135. The lowest BCUT2D eigenvalue weighted by Crippen LogP contribution is -2.51. The van der Waals surface area contributed by atoms with E-state index in [0.717, 1.165) is 0 Å². The van der Waals surface area contributed by atoms with E-state index in [-0.39, 0.29) is 42.5 Å². The van der Waals surface area contributed by atoms with Crippen LogP contribution in [-0.2, 0) is 22.6 Å². The van der Waals surface area contributed by atoms with E-state index in [0.29, 0.717) is 74.0 Å². The molecule has 2 N–H and O–H groups in total. The quantitative estimate of drug-likeness (QED) is 0.522. The number of hydrogen-bond donors (Lipinski definition) is 2. The number of halogens is 3. The first-order chi connectivity index (χ1) is 19.0. The summed E-state index contributed by atoms with van der Waals surface area (Å²) >= 11 is 6.23. The summed E-state index contributed by atoms with van der Waals surface area (Å²) in [6.07, 6.45) is 2.53. The van der Waals surface area contributed by atoms with Crippen molar-refractivity contribution in [3.8, 4) is 0 Å². The zero-order valence-electron chi connectivity index (χ0n) is 23.1. The van der Waals surface area contributed by atoms with Crippen LogP contribution in [0.1, 0.15) is 46.1 Å². The second-order valence-electron chi connectivity index (χ2n) is 10.4. The van der Waals surface area contributed by atoms with Gasteiger partial charge >= 0.3 is 0 Å². The molecule has 38 heavy (non-hydrogen) atoms. The molecule has 1 aromatic heterocycles. The molecule has 1 atom stereocenters. The summed E-state index contributed by atoms with van der Waals surface area (Å²) in [7, 11) is 0. The Morgan fingerprint density at radius 3 is 2.61 bits per heavy atom. The molecular weight excluding hydrogens is 514 g/mol. The minimum atomic E-state index is -2.63. The van der Waals surface area contributed by atoms with Crippen LogP contribution in [0.3, 0.4) is 0 Å². The van der Waals surface area contributed by atoms with Gasteiger partial charge in [-0.05, 0) is 60.6 Å². The minimum absolute atomic E-state index is 0.154. The van der Waals surface area contributed by atoms with Crippen molar-refractivity contribution in [3.63, 3.8) is 0 Å². The molecule has 11 heteroatoms. The van der Waals surface area contributed by atoms with Crippen LogP contribution in [0.2, 0.25) is 5.02 Å². The van der Waals surface area contributed by atoms with E-state index in [9.17, 15) is 18.4 Å². The first-order valence-electron chi connectivity index (χ1n) is 14.0. The Morgan fingerprint density at radius 1 is 1.13 bits per heavy atom. The van der Waals surface area contributed by atoms with Crippen molar-refractivity contribution in [3.05, 3.63) is 52.8 Å². The molecular formula is C27H33ClF2N6O2. The number of nitrogens with zero attached hydrogens (tertiary/aromatic N) is 4. The van der Waals surface area contributed by atoms with Crippen LogP contribution in [0.5, 0.6) is 0 Å². The number of amides is 2. The van der Waals surface area contributed by atoms with Gasteiger partial charge in [-0.1, -0.05) is 11.6 Å². The van der Waals surface area contributed by atoms with E-state index in [4.69, 9.17) is 14.3 Å². The molecule has 1 aromatic carbocycles. The zero-order chi connectivity index (χ0) is 28.5. The summed E-state index contributed by atoms with van der Waals surface area (Å²) in [5.74, 6) is -3.41. The van der Waals surface area contributed by atoms with Crippen molar-refractivity contribution >= 4 is 29.1 Å². The Bertz CT molecular complexity index is 1240. The summed E-state index contributed by atoms with van der Waals surface area (Å²) in [5, 5.41) is 14.3. The second-order valence-corrected chi connectivity index (χ2v) is 10.9. The standard InChI is InChI=1S/C27H33ClF2N6O2/c28-20-3-4-23(31-16-21-2-1-9-33-34-21)19(14-20)18-35-10-12-36(13-11-35)24(37)17-32-25(38)22-15-26(22)5-7-27(29,30)8-6-26/h1-4,9,14,22,31H,5-8,10-13,15-18H2,(H,32,38)/i18D2. The first-order valence-corrected chi connectivity index (χ1v) is 13.4. The highest BCUT2D eigenvalue weighted by Crippen LogP contribution is 2.63. The number of carbonyl (C=O) groups is 2. The van der Waals surface area contributed by atoms with Crippen molar-refractivity contribution in [2.45, 2.75) is 51.1 Å². The average molecular weight is 549 g/mol. The van der Waals surface area contributed by atoms with E-state index < -0.39 is 12.4 Å². The van der Waals surface area contributed by atoms with Gasteiger partial charge in [0.05, 0.1) is 18.8 Å². The average Bonchev–Trinajstić information content (AvgIpc) is 3.67. The van der Waals surface area contributed by atoms with E-state index in [1.165, 1.54) is 0 Å². The Labute approximate surface area is 228 Å². The van der Waals surface area contributed by atoms with Crippen molar-refractivity contribution in [1.29, 1.82) is 0 Å². The number of anilines is 1. The van der Waals surface area contributed by atoms with Gasteiger partial charge in [0.15, 0.2) is 0 Å². The molecule has 0 radical (unpaired) electrons. The summed E-state index contributed by atoms with van der Waals surface area (Å²) in [6.45, 7) is -0.457. The molecule has 2 saturated carbocycles. The fourth-order valence-electron chi connectivity index (χ4n) is 5.40. The summed E-state index contributed by atoms with van der Waals surface area (Å²) in [4.78, 5) is 28.7. The molecule has 3 fully saturated rings. The molecule has 2 heterocycles. The largest absolute Gasteiger partial charge is 0.379 e. The monoisotopic (exact) mass is 548 g/mol. The highest BCUT2D eigenvalue weighted by molar-refractivity contribution is 6.30. The normalized spacial score (nSPS) is 23.3. The third kappa shape index (κ3) is 6.40. The second kappa shape index (κ2) is 11.1. The van der Waals surface area contributed by atoms with Crippen molar-refractivity contribution in [2.24, 2.45) is 11.3 Å². The van der Waals surface area contributed by atoms with Gasteiger partial charge in [-0.15, -0.1) is 0 Å². The maximum atomic E-state index is 13.5. The Balaban J connectivity index is 1.13. The van der Waals surface area contributed by atoms with Gasteiger partial charge in [-0.3, -0.25) is 14.5 Å². The minimum Gasteiger partial charge on any atom is -0.379 e. The number of carbonyl (C=O) groups excluding carboxylic acids is 2. The van der Waals surface area contributed by atoms with Crippen LogP contribution in [0.4, 0.5) is 14.5 Å². The maximum Gasteiger partial charge on any atom is 0.248 e. The van der Waals surface area contributed by atoms with Gasteiger partial charge in [0.1, 0.15) is 0 Å². The Kier molecular flexibility index (Phi) is 7.07. The molecule has 2 amide bonds. The van der Waals surface area contributed by atoms with Crippen LogP contribution in [0, 0.1) is 11.3 Å². The van der Waals surface area contributed by atoms with Crippen LogP contribution in [0.25, 0.3) is 0 Å². The fourth-order valence-corrected chi connectivity index (χ4v) is 5.57. The molecule has 3 aliphatic rings. The number of aromatic nitrogens is 2. The lowest BCUT2D eigenvalue weighted by Gasteiger charge is -2.35. The van der Waals surface area contributed by atoms with E-state index >= 15 is 0 Å². The molecule has 1 unspecified atom stereocenters. The topological polar surface area (TPSA) is 90.5 Å². The lowest BCUT2D eigenvalue weighted by atomic mass is 9.82. The molecule has 2 aromatic rings. The highest BCUT2D eigenvalue weighted by atomic mass is 35.5. The van der Waals surface area contributed by atoms with E-state index in [1.807, 2.05) is 6.07 Å². The number of nitrogens with one attached hydrogen (secondary N) is 2. The third-order valence-corrected chi connectivity index (χ3v) is 8.11. The zero-order valence-corrected chi connectivity index (χ0v) is 21.8. The highest BCUT2D eigenvalue weighted by Gasteiger charge is 2.60. The molecule has 8 nitrogen and oxygen atoms in total. The molecule has 1 spiro atoms. The molecule has 204 valence electrons. The van der Waals surface area contributed by atoms with Crippen molar-refractivity contribution < 1.29 is 21.1 Å². The van der Waals surface area contributed by atoms with Gasteiger partial charge in [0.2, 0.25) is 17.7 Å². The molecule has 2 aliphatic carbocycles. The Morgan fingerprint density at radius 2 is 1.89 bits per heavy atom. The smallest absolute Gasteiger partial charge is 0.248 e. The summed E-state index contributed by atoms with van der Waals surface area (Å²) < 4.78 is 44.9. The van der Waals surface area contributed by atoms with Crippen LogP contribution >= 0.6 is 11.6 Å².